The van der Waals surface area contributed by atoms with Crippen molar-refractivity contribution in [1.82, 2.24) is 9.78 Å². The highest BCUT2D eigenvalue weighted by Gasteiger charge is 2.11. The van der Waals surface area contributed by atoms with Crippen LogP contribution in [-0.2, 0) is 11.3 Å². The number of aryl methyl sites for hydroxylation is 2. The van der Waals surface area contributed by atoms with Gasteiger partial charge < -0.3 is 5.32 Å². The van der Waals surface area contributed by atoms with Gasteiger partial charge in [-0.1, -0.05) is 52.7 Å². The molecule has 2 aromatic carbocycles. The fourth-order valence-electron chi connectivity index (χ4n) is 2.54. The van der Waals surface area contributed by atoms with E-state index in [0.717, 1.165) is 9.58 Å². The molecular weight excluding hydrogens is 417 g/mol. The molecular formula is C20H17Cl2N3O2S. The van der Waals surface area contributed by atoms with Gasteiger partial charge in [0.2, 0.25) is 5.91 Å². The Balaban J connectivity index is 1.65. The Bertz CT molecular complexity index is 1080. The summed E-state index contributed by atoms with van der Waals surface area (Å²) in [7, 11) is 0. The number of rotatable bonds is 5. The first-order chi connectivity index (χ1) is 13.3. The van der Waals surface area contributed by atoms with Crippen LogP contribution in [-0.4, -0.2) is 15.7 Å². The van der Waals surface area contributed by atoms with Crippen LogP contribution in [0, 0.1) is 13.8 Å². The lowest BCUT2D eigenvalue weighted by Crippen LogP contribution is -2.29. The first-order valence-corrected chi connectivity index (χ1v) is 9.97. The lowest BCUT2D eigenvalue weighted by Gasteiger charge is -2.09. The highest BCUT2D eigenvalue weighted by molar-refractivity contribution is 7.99. The van der Waals surface area contributed by atoms with Gasteiger partial charge in [-0.25, -0.2) is 4.68 Å². The summed E-state index contributed by atoms with van der Waals surface area (Å²) in [5.41, 5.74) is 2.48. The second kappa shape index (κ2) is 8.82. The van der Waals surface area contributed by atoms with Crippen LogP contribution in [0.1, 0.15) is 11.1 Å². The maximum absolute atomic E-state index is 12.2. The molecule has 144 valence electrons. The molecule has 0 saturated heterocycles. The number of amides is 1. The number of aromatic nitrogens is 2. The maximum Gasteiger partial charge on any atom is 0.287 e. The molecule has 0 aliphatic heterocycles. The summed E-state index contributed by atoms with van der Waals surface area (Å²) in [4.78, 5) is 26.4. The highest BCUT2D eigenvalue weighted by Crippen LogP contribution is 2.31. The Labute approximate surface area is 176 Å². The quantitative estimate of drug-likeness (QED) is 0.617. The summed E-state index contributed by atoms with van der Waals surface area (Å²) >= 11 is 13.2. The van der Waals surface area contributed by atoms with Gasteiger partial charge in [0, 0.05) is 15.5 Å². The van der Waals surface area contributed by atoms with Gasteiger partial charge in [-0.3, -0.25) is 9.59 Å². The summed E-state index contributed by atoms with van der Waals surface area (Å²) in [6.45, 7) is 3.90. The number of nitrogens with one attached hydrogen (secondary N) is 1. The zero-order valence-electron chi connectivity index (χ0n) is 15.2. The normalized spacial score (nSPS) is 10.7. The third-order valence-corrected chi connectivity index (χ3v) is 5.87. The standard InChI is InChI=1S/C20H17Cl2N3O2S/c1-12-3-8-17(13(2)9-12)28-15-6-4-14(5-7-15)24-18(26)11-25-20(27)19(22)16(21)10-23-25/h3-10H,11H2,1-2H3,(H,24,26). The molecule has 1 aromatic heterocycles. The zero-order valence-corrected chi connectivity index (χ0v) is 17.5. The van der Waals surface area contributed by atoms with Crippen LogP contribution >= 0.6 is 35.0 Å². The largest absolute Gasteiger partial charge is 0.324 e. The molecule has 0 radical (unpaired) electrons. The zero-order chi connectivity index (χ0) is 20.3. The predicted molar refractivity (Wildman–Crippen MR) is 114 cm³/mol. The Morgan fingerprint density at radius 2 is 1.86 bits per heavy atom. The average Bonchev–Trinajstić information content (AvgIpc) is 2.66. The summed E-state index contributed by atoms with van der Waals surface area (Å²) in [5, 5.41) is 6.46. The molecule has 0 fully saturated rings. The maximum atomic E-state index is 12.2. The molecule has 0 atom stereocenters. The SMILES string of the molecule is Cc1ccc(Sc2ccc(NC(=O)Cn3ncc(Cl)c(Cl)c3=O)cc2)c(C)c1. The number of hydrogen-bond donors (Lipinski definition) is 1. The summed E-state index contributed by atoms with van der Waals surface area (Å²) in [5.74, 6) is -0.386. The molecule has 0 aliphatic rings. The first kappa shape index (κ1) is 20.5. The smallest absolute Gasteiger partial charge is 0.287 e. The van der Waals surface area contributed by atoms with Crippen LogP contribution in [0.3, 0.4) is 0 Å². The topological polar surface area (TPSA) is 64.0 Å². The van der Waals surface area contributed by atoms with E-state index in [1.165, 1.54) is 22.2 Å². The van der Waals surface area contributed by atoms with Gasteiger partial charge in [-0.2, -0.15) is 5.10 Å². The van der Waals surface area contributed by atoms with Gasteiger partial charge >= 0.3 is 0 Å². The van der Waals surface area contributed by atoms with E-state index in [1.54, 1.807) is 11.8 Å². The molecule has 3 aromatic rings. The van der Waals surface area contributed by atoms with E-state index in [-0.39, 0.29) is 22.5 Å². The van der Waals surface area contributed by atoms with Gasteiger partial charge in [0.15, 0.2) is 0 Å². The van der Waals surface area contributed by atoms with Crippen molar-refractivity contribution in [3.8, 4) is 0 Å². The predicted octanol–water partition coefficient (Wildman–Crippen LogP) is 4.96. The molecule has 3 rings (SSSR count). The average molecular weight is 434 g/mol. The number of hydrogen-bond acceptors (Lipinski definition) is 4. The van der Waals surface area contributed by atoms with E-state index in [1.807, 2.05) is 24.3 Å². The highest BCUT2D eigenvalue weighted by atomic mass is 35.5. The third-order valence-electron chi connectivity index (χ3n) is 3.93. The summed E-state index contributed by atoms with van der Waals surface area (Å²) in [6, 6.07) is 13.8. The fraction of sp³-hybridized carbons (Fsp3) is 0.150. The van der Waals surface area contributed by atoms with Crippen LogP contribution in [0.2, 0.25) is 10.0 Å². The second-order valence-corrected chi connectivity index (χ2v) is 8.11. The molecule has 28 heavy (non-hydrogen) atoms. The molecule has 1 amide bonds. The van der Waals surface area contributed by atoms with Crippen molar-refractivity contribution >= 4 is 46.6 Å². The molecule has 0 saturated carbocycles. The molecule has 1 heterocycles. The number of halogens is 2. The van der Waals surface area contributed by atoms with Crippen LogP contribution in [0.5, 0.6) is 0 Å². The minimum absolute atomic E-state index is 0.0558. The molecule has 0 aliphatic carbocycles. The van der Waals surface area contributed by atoms with Gasteiger partial charge in [0.05, 0.1) is 11.2 Å². The van der Waals surface area contributed by atoms with Crippen LogP contribution in [0.15, 0.2) is 63.2 Å². The van der Waals surface area contributed by atoms with Crippen molar-refractivity contribution in [3.05, 3.63) is 80.2 Å². The Morgan fingerprint density at radius 3 is 2.54 bits per heavy atom. The van der Waals surface area contributed by atoms with Gasteiger partial charge in [0.1, 0.15) is 11.6 Å². The molecule has 5 nitrogen and oxygen atoms in total. The van der Waals surface area contributed by atoms with E-state index in [9.17, 15) is 9.59 Å². The van der Waals surface area contributed by atoms with E-state index >= 15 is 0 Å². The second-order valence-electron chi connectivity index (χ2n) is 6.21. The third kappa shape index (κ3) is 4.95. The van der Waals surface area contributed by atoms with Crippen LogP contribution in [0.4, 0.5) is 5.69 Å². The molecule has 8 heteroatoms. The summed E-state index contributed by atoms with van der Waals surface area (Å²) < 4.78 is 0.966. The van der Waals surface area contributed by atoms with Crippen molar-refractivity contribution in [2.45, 2.75) is 30.2 Å². The molecule has 0 bridgehead atoms. The van der Waals surface area contributed by atoms with E-state index < -0.39 is 5.56 Å². The molecule has 0 spiro atoms. The number of nitrogens with zero attached hydrogens (tertiary/aromatic N) is 2. The van der Waals surface area contributed by atoms with Gasteiger partial charge in [-0.15, -0.1) is 0 Å². The van der Waals surface area contributed by atoms with E-state index in [0.29, 0.717) is 5.69 Å². The number of carbonyl (C=O) groups is 1. The van der Waals surface area contributed by atoms with Crippen molar-refractivity contribution < 1.29 is 4.79 Å². The lowest BCUT2D eigenvalue weighted by molar-refractivity contribution is -0.117. The van der Waals surface area contributed by atoms with Crippen LogP contribution < -0.4 is 10.9 Å². The Hall–Kier alpha value is -2.28. The van der Waals surface area contributed by atoms with Crippen LogP contribution in [0.25, 0.3) is 0 Å². The summed E-state index contributed by atoms with van der Waals surface area (Å²) in [6.07, 6.45) is 1.23. The number of anilines is 1. The Morgan fingerprint density at radius 1 is 1.14 bits per heavy atom. The van der Waals surface area contributed by atoms with Crippen molar-refractivity contribution in [2.24, 2.45) is 0 Å². The van der Waals surface area contributed by atoms with Gasteiger partial charge in [0.25, 0.3) is 5.56 Å². The van der Waals surface area contributed by atoms with E-state index in [4.69, 9.17) is 23.2 Å². The fourth-order valence-corrected chi connectivity index (χ4v) is 3.69. The number of benzene rings is 2. The monoisotopic (exact) mass is 433 g/mol. The van der Waals surface area contributed by atoms with Crippen molar-refractivity contribution in [1.29, 1.82) is 0 Å². The Kier molecular flexibility index (Phi) is 6.44. The van der Waals surface area contributed by atoms with Gasteiger partial charge in [-0.05, 0) is 49.7 Å². The van der Waals surface area contributed by atoms with Crippen molar-refractivity contribution in [3.63, 3.8) is 0 Å². The number of carbonyl (C=O) groups excluding carboxylic acids is 1. The van der Waals surface area contributed by atoms with Crippen molar-refractivity contribution in [2.75, 3.05) is 5.32 Å². The lowest BCUT2D eigenvalue weighted by atomic mass is 10.2. The molecule has 0 unspecified atom stereocenters. The minimum Gasteiger partial charge on any atom is -0.324 e. The minimum atomic E-state index is -0.607. The molecule has 1 N–H and O–H groups in total. The first-order valence-electron chi connectivity index (χ1n) is 8.39. The van der Waals surface area contributed by atoms with E-state index in [2.05, 4.69) is 42.5 Å².